The van der Waals surface area contributed by atoms with Crippen LogP contribution in [-0.2, 0) is 103 Å². The second kappa shape index (κ2) is 82.9. The average molecular weight is 2220 g/mol. The van der Waals surface area contributed by atoms with E-state index >= 15 is 0 Å². The molecule has 2 unspecified atom stereocenters. The number of alkyl halides is 3. The second-order valence-corrected chi connectivity index (χ2v) is 43.1. The Morgan fingerprint density at radius 3 is 1.22 bits per heavy atom. The van der Waals surface area contributed by atoms with Gasteiger partial charge in [0.15, 0.2) is 0 Å². The summed E-state index contributed by atoms with van der Waals surface area (Å²) < 4.78 is 225. The number of carbonyl (C=O) groups excluding carboxylic acids is 2. The maximum absolute atomic E-state index is 12.6. The number of methoxy groups -OCH3 is 3. The Kier molecular flexibility index (Phi) is 89.5. The maximum Gasteiger partial charge on any atom is 1.00 e. The summed E-state index contributed by atoms with van der Waals surface area (Å²) in [5, 5.41) is 68.7. The minimum Gasteiger partial charge on any atom is -0.861 e. The van der Waals surface area contributed by atoms with Crippen LogP contribution >= 0.6 is 0 Å². The number of hydrogen-bond donors (Lipinski definition) is 1. The van der Waals surface area contributed by atoms with Gasteiger partial charge in [-0.2, -0.15) is 48.0 Å². The molecule has 5 saturated carbocycles. The summed E-state index contributed by atoms with van der Waals surface area (Å²) in [5.74, 6) is -4.09. The molecule has 0 saturated heterocycles. The fourth-order valence-electron chi connectivity index (χ4n) is 14.5. The van der Waals surface area contributed by atoms with E-state index in [2.05, 4.69) is 71.8 Å². The molecule has 0 amide bonds. The second-order valence-electron chi connectivity index (χ2n) is 33.3. The largest absolute Gasteiger partial charge is 1.00 e. The average Bonchev–Trinajstić information content (AvgIpc) is 0.714. The predicted molar refractivity (Wildman–Crippen MR) is 503 cm³/mol. The van der Waals surface area contributed by atoms with Gasteiger partial charge in [0, 0.05) is 49.7 Å². The number of allylic oxidation sites excluding steroid dienone is 3. The van der Waals surface area contributed by atoms with E-state index in [0.29, 0.717) is 90.2 Å². The van der Waals surface area contributed by atoms with Crippen molar-refractivity contribution in [3.63, 3.8) is 0 Å². The van der Waals surface area contributed by atoms with Crippen molar-refractivity contribution in [1.82, 2.24) is 0 Å². The molecule has 7 rings (SSSR count). The number of benzene rings is 2. The van der Waals surface area contributed by atoms with Crippen molar-refractivity contribution in [2.75, 3.05) is 112 Å². The first-order valence-corrected chi connectivity index (χ1v) is 55.1. The summed E-state index contributed by atoms with van der Waals surface area (Å²) in [6.45, 7) is 25.1. The van der Waals surface area contributed by atoms with Crippen LogP contribution in [0, 0.1) is 23.2 Å². The molecule has 0 aromatic heterocycles. The first kappa shape index (κ1) is 150. The number of ether oxygens (including phenoxy) is 8. The first-order valence-electron chi connectivity index (χ1n) is 44.4. The van der Waals surface area contributed by atoms with Crippen LogP contribution < -0.4 is 297 Å². The molecule has 2 aromatic carbocycles. The fraction of sp³-hybridized carbons (Fsp3) is 0.667. The molecule has 2 atom stereocenters. The van der Waals surface area contributed by atoms with Crippen LogP contribution in [0.2, 0.25) is 0 Å². The van der Waals surface area contributed by atoms with Crippen LogP contribution in [0.3, 0.4) is 0 Å². The Balaban J connectivity index is -0.000000372. The number of esters is 2. The van der Waals surface area contributed by atoms with Gasteiger partial charge in [-0.25, -0.2) is 51.7 Å². The van der Waals surface area contributed by atoms with E-state index < -0.39 is 124 Å². The number of nitrogens with one attached hydrogen (secondary N) is 1. The third kappa shape index (κ3) is 79.9. The van der Waals surface area contributed by atoms with Crippen molar-refractivity contribution in [1.29, 1.82) is 0 Å². The fourth-order valence-corrected chi connectivity index (χ4v) is 17.2. The van der Waals surface area contributed by atoms with Crippen LogP contribution in [0.25, 0.3) is 6.08 Å². The van der Waals surface area contributed by atoms with Crippen molar-refractivity contribution < 1.29 is 404 Å². The minimum atomic E-state index is -5.70. The Hall–Kier alpha value is 0.292. The van der Waals surface area contributed by atoms with Crippen LogP contribution in [0.1, 0.15) is 256 Å². The number of sulfonamides is 6. The number of nitrogens with zero attached hydrogens (tertiary/aromatic N) is 6. The molecule has 49 heteroatoms. The summed E-state index contributed by atoms with van der Waals surface area (Å²) in [6.07, 6.45) is 43.6. The number of quaternary nitrogens is 1. The van der Waals surface area contributed by atoms with Crippen molar-refractivity contribution in [3.05, 3.63) is 121 Å². The molecule has 0 radical (unpaired) electrons. The van der Waals surface area contributed by atoms with Crippen LogP contribution in [-0.4, -0.2) is 221 Å². The van der Waals surface area contributed by atoms with Gasteiger partial charge in [-0.15, -0.1) is 6.58 Å². The predicted octanol–water partition coefficient (Wildman–Crippen LogP) is -6.13. The summed E-state index contributed by atoms with van der Waals surface area (Å²) in [5.41, 5.74) is -5.21. The van der Waals surface area contributed by atoms with Gasteiger partial charge in [0.25, 0.3) is 0 Å². The van der Waals surface area contributed by atoms with Gasteiger partial charge in [-0.3, -0.25) is 0 Å². The number of carbonyl (C=O) groups is 2. The molecular formula is C90H143F3K5N7O28S6. The zero-order valence-electron chi connectivity index (χ0n) is 84.6. The van der Waals surface area contributed by atoms with Crippen molar-refractivity contribution in [3.8, 4) is 5.75 Å². The van der Waals surface area contributed by atoms with Gasteiger partial charge in [-0.1, -0.05) is 190 Å². The van der Waals surface area contributed by atoms with E-state index in [1.54, 1.807) is 46.5 Å². The van der Waals surface area contributed by atoms with E-state index in [1.807, 2.05) is 6.08 Å². The molecule has 35 nitrogen and oxygen atoms in total. The Labute approximate surface area is 1040 Å². The molecule has 0 spiro atoms. The zero-order valence-corrected chi connectivity index (χ0v) is 105. The van der Waals surface area contributed by atoms with Gasteiger partial charge in [0.05, 0.1) is 51.1 Å². The van der Waals surface area contributed by atoms with Gasteiger partial charge in [0.2, 0.25) is 50.1 Å². The van der Waals surface area contributed by atoms with Crippen molar-refractivity contribution >= 4 is 114 Å². The normalized spacial score (nSPS) is 17.3. The summed E-state index contributed by atoms with van der Waals surface area (Å²) >= 11 is 0. The molecule has 1 N–H and O–H groups in total. The molecule has 5 aliphatic carbocycles. The maximum atomic E-state index is 12.6. The molecule has 0 heterocycles. The van der Waals surface area contributed by atoms with E-state index in [9.17, 15) is 104 Å². The van der Waals surface area contributed by atoms with Gasteiger partial charge < -0.3 is 73.4 Å². The molecule has 4 bridgehead atoms. The third-order valence-corrected chi connectivity index (χ3v) is 23.9. The van der Waals surface area contributed by atoms with E-state index in [-0.39, 0.29) is 310 Å². The topological polar surface area (TPSA) is 530 Å². The minimum absolute atomic E-state index is 0. The van der Waals surface area contributed by atoms with Crippen molar-refractivity contribution in [2.45, 2.75) is 250 Å². The standard InChI is InChI=1S/C19H34F3NO3S.C16H23NO5S.C12H27NO6.C12H13NO5S.C11H21NO3S.C10H19NO3S.C10H11NO3S.5K/c1-2-3-4-5-6-7-8-9-10-11-12-13-14-15-16-17-18(24)23-27(25,26)19(20,21)22;1-10(2)13(18)22-16-7-11-4-12(8-16)6-15(5-11,9-16)14(19)17-23(3,20)21;1-14-10-17-7-4-13(5-8-18-11-15-2)6-9-19-12-16-3;1-8(2)12(15)18-10-6-4-9(5-7-10)11(14)13-19(3,16)17;1-3-4-5-6-7-8-9-10-11(13)12-16(2,14)15;1-15(13,14)11-10(12)8-7-9-5-3-2-4-6-9;1-3-8-4-6-9(7-5-8)10(12)11-15(2,13)14;;;;;/h9-10H,2-8,11-17H2,1H3,(H,23,24);11-12H,1,4-9H2,2-3H3,(H,17,19);4-12H2,1-3H3;4-7H,1H2,2-3H3,(H,13,14);3H,1,4-10H2,2H3,(H,12,13);9H,2-8H2,1H3,(H,11,12);3-7H,1H2,2H3,(H,11,12);;;;;/q;;;;;;;5*+1/p-5/b10-9+;;;;;;;;;;;. The SMILES string of the molecule is C=C(C)C(=O)OC12CC3CC(C1)CC(C([O-])=NS(C)(=O)=O)(C3)C2.C=C(C)C(=O)Oc1ccc(C([O-])=NS(C)(=O)=O)cc1.C=CCCCCCCCC([O-])=NS(C)(=O)=O.C=Cc1ccc(C([O-])=NS(C)(=O)=O)cc1.CCCCCCCC/C=C/CCCCCCCC([O-])=NS(=O)(=O)C(F)(F)F.COCOCC[NH+](CCOCOC)CCOCOC.CS(=O)(=O)N=C([O-])CCC1CCCCC1.[K+].[K+].[K+].[K+].[K+]. The summed E-state index contributed by atoms with van der Waals surface area (Å²) in [4.78, 5) is 24.6. The molecular weight excluding hydrogens is 2070 g/mol. The van der Waals surface area contributed by atoms with Crippen LogP contribution in [0.4, 0.5) is 13.2 Å². The summed E-state index contributed by atoms with van der Waals surface area (Å²) in [7, 11) is -19.0. The molecule has 5 aliphatic rings. The molecule has 768 valence electrons. The van der Waals surface area contributed by atoms with Gasteiger partial charge in [-0.05, 0) is 200 Å². The van der Waals surface area contributed by atoms with Crippen LogP contribution in [0.5, 0.6) is 5.75 Å². The van der Waals surface area contributed by atoms with Gasteiger partial charge >= 0.3 is 284 Å². The Morgan fingerprint density at radius 1 is 0.482 bits per heavy atom. The molecule has 5 fully saturated rings. The number of unbranched alkanes of at least 4 members (excludes halogenated alkanes) is 16. The van der Waals surface area contributed by atoms with Gasteiger partial charge in [0.1, 0.15) is 51.4 Å². The first-order chi connectivity index (χ1) is 62.6. The number of rotatable bonds is 55. The number of halogens is 3. The quantitative estimate of drug-likeness (QED) is 0.00741. The smallest absolute Gasteiger partial charge is 0.861 e. The Bertz CT molecular complexity index is 4760. The Morgan fingerprint density at radius 2 is 0.849 bits per heavy atom. The van der Waals surface area contributed by atoms with E-state index in [0.717, 1.165) is 146 Å². The molecule has 2 aromatic rings. The zero-order chi connectivity index (χ0) is 102. The van der Waals surface area contributed by atoms with Crippen molar-refractivity contribution in [2.24, 2.45) is 49.6 Å². The molecule has 139 heavy (non-hydrogen) atoms. The van der Waals surface area contributed by atoms with E-state index in [4.69, 9.17) is 37.9 Å². The molecule has 0 aliphatic heterocycles. The third-order valence-electron chi connectivity index (χ3n) is 20.3. The van der Waals surface area contributed by atoms with E-state index in [1.165, 1.54) is 119 Å². The van der Waals surface area contributed by atoms with Crippen LogP contribution in [0.15, 0.2) is 131 Å². The number of hydrogen-bond acceptors (Lipinski definition) is 28. The monoisotopic (exact) mass is 2210 g/mol. The summed E-state index contributed by atoms with van der Waals surface area (Å²) in [6, 6.07) is 11.7.